The Bertz CT molecular complexity index is 477. The number of aryl methyl sites for hydroxylation is 1. The summed E-state index contributed by atoms with van der Waals surface area (Å²) in [7, 11) is 0. The number of carbonyl (C=O) groups excluding carboxylic acids is 1. The largest absolute Gasteiger partial charge is 0.351 e. The van der Waals surface area contributed by atoms with Crippen molar-refractivity contribution in [1.82, 2.24) is 10.6 Å². The topological polar surface area (TPSA) is 41.1 Å². The molecule has 1 aliphatic carbocycles. The van der Waals surface area contributed by atoms with E-state index in [9.17, 15) is 4.79 Å². The monoisotopic (exact) mass is 308 g/mol. The summed E-state index contributed by atoms with van der Waals surface area (Å²) >= 11 is 0. The van der Waals surface area contributed by atoms with E-state index in [1.54, 1.807) is 0 Å². The maximum absolute atomic E-state index is 12.3. The number of rotatable bonds is 3. The molecule has 2 aliphatic rings. The molecule has 1 amide bonds. The van der Waals surface area contributed by atoms with Crippen molar-refractivity contribution >= 4 is 18.3 Å². The first-order valence-corrected chi connectivity index (χ1v) is 7.82. The lowest BCUT2D eigenvalue weighted by Crippen LogP contribution is -2.42. The molecule has 0 bridgehead atoms. The molecule has 0 spiro atoms. The zero-order valence-electron chi connectivity index (χ0n) is 12.6. The van der Waals surface area contributed by atoms with Crippen LogP contribution in [0.25, 0.3) is 0 Å². The molecule has 3 unspecified atom stereocenters. The second-order valence-electron chi connectivity index (χ2n) is 6.25. The molecule has 3 atom stereocenters. The average Bonchev–Trinajstić information content (AvgIpc) is 2.90. The fourth-order valence-electron chi connectivity index (χ4n) is 3.64. The number of benzene rings is 1. The molecule has 4 heteroatoms. The molecule has 1 aliphatic heterocycles. The van der Waals surface area contributed by atoms with Crippen molar-refractivity contribution in [3.05, 3.63) is 35.4 Å². The highest BCUT2D eigenvalue weighted by Crippen LogP contribution is 2.33. The third kappa shape index (κ3) is 3.78. The summed E-state index contributed by atoms with van der Waals surface area (Å²) in [4.78, 5) is 12.3. The van der Waals surface area contributed by atoms with Crippen LogP contribution in [0.5, 0.6) is 0 Å². The van der Waals surface area contributed by atoms with Gasteiger partial charge in [-0.25, -0.2) is 0 Å². The molecular formula is C17H25ClN2O. The Morgan fingerprint density at radius 3 is 2.81 bits per heavy atom. The first-order valence-electron chi connectivity index (χ1n) is 7.82. The van der Waals surface area contributed by atoms with Crippen molar-refractivity contribution in [2.75, 3.05) is 0 Å². The Labute approximate surface area is 133 Å². The van der Waals surface area contributed by atoms with Gasteiger partial charge in [0, 0.05) is 12.6 Å². The minimum absolute atomic E-state index is 0. The molecular weight excluding hydrogens is 284 g/mol. The van der Waals surface area contributed by atoms with Crippen LogP contribution in [0.2, 0.25) is 0 Å². The Hall–Kier alpha value is -1.06. The smallest absolute Gasteiger partial charge is 0.237 e. The molecule has 0 radical (unpaired) electrons. The van der Waals surface area contributed by atoms with Crippen molar-refractivity contribution in [3.8, 4) is 0 Å². The Morgan fingerprint density at radius 1 is 1.29 bits per heavy atom. The van der Waals surface area contributed by atoms with Gasteiger partial charge in [0.1, 0.15) is 0 Å². The molecule has 1 aromatic carbocycles. The maximum Gasteiger partial charge on any atom is 0.237 e. The number of carbonyl (C=O) groups is 1. The fourth-order valence-corrected chi connectivity index (χ4v) is 3.64. The van der Waals surface area contributed by atoms with E-state index >= 15 is 0 Å². The molecule has 21 heavy (non-hydrogen) atoms. The Morgan fingerprint density at radius 2 is 2.05 bits per heavy atom. The van der Waals surface area contributed by atoms with Gasteiger partial charge in [0.25, 0.3) is 0 Å². The van der Waals surface area contributed by atoms with Crippen molar-refractivity contribution in [2.45, 2.75) is 57.7 Å². The molecule has 3 rings (SSSR count). The van der Waals surface area contributed by atoms with Crippen LogP contribution < -0.4 is 10.6 Å². The van der Waals surface area contributed by atoms with E-state index in [-0.39, 0.29) is 24.4 Å². The van der Waals surface area contributed by atoms with E-state index in [1.807, 2.05) is 12.1 Å². The predicted octanol–water partition coefficient (Wildman–Crippen LogP) is 2.95. The lowest BCUT2D eigenvalue weighted by Gasteiger charge is -2.24. The zero-order chi connectivity index (χ0) is 13.9. The molecule has 2 fully saturated rings. The van der Waals surface area contributed by atoms with Gasteiger partial charge >= 0.3 is 0 Å². The molecule has 116 valence electrons. The summed E-state index contributed by atoms with van der Waals surface area (Å²) in [6, 6.07) is 8.83. The van der Waals surface area contributed by atoms with Gasteiger partial charge in [0.05, 0.1) is 6.04 Å². The molecule has 2 N–H and O–H groups in total. The van der Waals surface area contributed by atoms with Gasteiger partial charge in [-0.15, -0.1) is 12.4 Å². The van der Waals surface area contributed by atoms with Crippen molar-refractivity contribution in [3.63, 3.8) is 0 Å². The van der Waals surface area contributed by atoms with E-state index in [0.29, 0.717) is 12.6 Å². The molecule has 1 aromatic rings. The summed E-state index contributed by atoms with van der Waals surface area (Å²) in [5, 5.41) is 6.62. The number of fused-ring (bicyclic) bond motifs is 1. The first kappa shape index (κ1) is 16.3. The van der Waals surface area contributed by atoms with E-state index in [0.717, 1.165) is 12.3 Å². The number of hydrogen-bond acceptors (Lipinski definition) is 2. The second kappa shape index (κ2) is 7.28. The fraction of sp³-hybridized carbons (Fsp3) is 0.588. The number of hydrogen-bond donors (Lipinski definition) is 2. The third-order valence-corrected chi connectivity index (χ3v) is 4.89. The minimum Gasteiger partial charge on any atom is -0.351 e. The molecule has 1 heterocycles. The SMILES string of the molecule is Cc1ccccc1CNC(=O)C1CC2CCCCC2N1.Cl. The third-order valence-electron chi connectivity index (χ3n) is 4.89. The summed E-state index contributed by atoms with van der Waals surface area (Å²) in [5.41, 5.74) is 2.44. The van der Waals surface area contributed by atoms with Crippen molar-refractivity contribution in [1.29, 1.82) is 0 Å². The van der Waals surface area contributed by atoms with Crippen LogP contribution in [0.1, 0.15) is 43.2 Å². The van der Waals surface area contributed by atoms with Crippen LogP contribution in [-0.2, 0) is 11.3 Å². The summed E-state index contributed by atoms with van der Waals surface area (Å²) in [5.74, 6) is 0.889. The van der Waals surface area contributed by atoms with E-state index < -0.39 is 0 Å². The van der Waals surface area contributed by atoms with Gasteiger partial charge in [0.15, 0.2) is 0 Å². The predicted molar refractivity (Wildman–Crippen MR) is 87.6 cm³/mol. The van der Waals surface area contributed by atoms with Crippen molar-refractivity contribution in [2.24, 2.45) is 5.92 Å². The Kier molecular flexibility index (Phi) is 5.65. The van der Waals surface area contributed by atoms with Gasteiger partial charge in [-0.3, -0.25) is 4.79 Å². The van der Waals surface area contributed by atoms with Crippen LogP contribution in [0.15, 0.2) is 24.3 Å². The van der Waals surface area contributed by atoms with Crippen LogP contribution in [0, 0.1) is 12.8 Å². The second-order valence-corrected chi connectivity index (χ2v) is 6.25. The quantitative estimate of drug-likeness (QED) is 0.901. The minimum atomic E-state index is 0. The molecule has 1 saturated carbocycles. The van der Waals surface area contributed by atoms with Gasteiger partial charge < -0.3 is 10.6 Å². The molecule has 1 saturated heterocycles. The normalized spacial score (nSPS) is 27.6. The van der Waals surface area contributed by atoms with Gasteiger partial charge in [-0.05, 0) is 43.2 Å². The van der Waals surface area contributed by atoms with Crippen LogP contribution >= 0.6 is 12.4 Å². The highest BCUT2D eigenvalue weighted by molar-refractivity contribution is 5.85. The lowest BCUT2D eigenvalue weighted by molar-refractivity contribution is -0.123. The number of halogens is 1. The highest BCUT2D eigenvalue weighted by Gasteiger charge is 2.37. The van der Waals surface area contributed by atoms with E-state index in [4.69, 9.17) is 0 Å². The lowest BCUT2D eigenvalue weighted by atomic mass is 9.85. The number of nitrogens with one attached hydrogen (secondary N) is 2. The summed E-state index contributed by atoms with van der Waals surface area (Å²) in [6.07, 6.45) is 6.20. The number of amides is 1. The molecule has 3 nitrogen and oxygen atoms in total. The van der Waals surface area contributed by atoms with Crippen LogP contribution in [0.3, 0.4) is 0 Å². The van der Waals surface area contributed by atoms with Crippen LogP contribution in [-0.4, -0.2) is 18.0 Å². The van der Waals surface area contributed by atoms with Gasteiger partial charge in [-0.2, -0.15) is 0 Å². The van der Waals surface area contributed by atoms with Crippen molar-refractivity contribution < 1.29 is 4.79 Å². The standard InChI is InChI=1S/C17H24N2O.ClH/c1-12-6-2-3-8-14(12)11-18-17(20)16-10-13-7-4-5-9-15(13)19-16;/h2-3,6,8,13,15-16,19H,4-5,7,9-11H2,1H3,(H,18,20);1H. The van der Waals surface area contributed by atoms with Gasteiger partial charge in [-0.1, -0.05) is 37.1 Å². The maximum atomic E-state index is 12.3. The summed E-state index contributed by atoms with van der Waals surface area (Å²) < 4.78 is 0. The molecule has 0 aromatic heterocycles. The van der Waals surface area contributed by atoms with Crippen LogP contribution in [0.4, 0.5) is 0 Å². The first-order chi connectivity index (χ1) is 9.74. The summed E-state index contributed by atoms with van der Waals surface area (Å²) in [6.45, 7) is 2.73. The van der Waals surface area contributed by atoms with E-state index in [2.05, 4.69) is 29.7 Å². The average molecular weight is 309 g/mol. The zero-order valence-corrected chi connectivity index (χ0v) is 13.4. The Balaban J connectivity index is 0.00000161. The van der Waals surface area contributed by atoms with Gasteiger partial charge in [0.2, 0.25) is 5.91 Å². The van der Waals surface area contributed by atoms with E-state index in [1.165, 1.54) is 36.8 Å². The highest BCUT2D eigenvalue weighted by atomic mass is 35.5.